The number of amides is 1. The number of hydrogen-bond donors (Lipinski definition) is 1. The van der Waals surface area contributed by atoms with E-state index in [0.29, 0.717) is 37.3 Å². The molecule has 154 valence electrons. The lowest BCUT2D eigenvalue weighted by atomic mass is 10.1. The topological polar surface area (TPSA) is 119 Å². The molecule has 1 fully saturated rings. The number of hydrogen-bond acceptors (Lipinski definition) is 7. The maximum Gasteiger partial charge on any atom is 0.412 e. The van der Waals surface area contributed by atoms with E-state index in [9.17, 15) is 19.7 Å². The Morgan fingerprint density at radius 3 is 2.53 bits per heavy atom. The Morgan fingerprint density at radius 2 is 1.83 bits per heavy atom. The third-order valence-electron chi connectivity index (χ3n) is 4.94. The van der Waals surface area contributed by atoms with Gasteiger partial charge in [-0.05, 0) is 37.1 Å². The highest BCUT2D eigenvalue weighted by Crippen LogP contribution is 2.26. The van der Waals surface area contributed by atoms with Crippen molar-refractivity contribution in [3.8, 4) is 5.75 Å². The Bertz CT molecular complexity index is 1140. The van der Waals surface area contributed by atoms with E-state index in [2.05, 4.69) is 10.3 Å². The number of anilines is 1. The molecular formula is C20H19N5O5. The van der Waals surface area contributed by atoms with Crippen molar-refractivity contribution in [2.24, 2.45) is 0 Å². The quantitative estimate of drug-likeness (QED) is 0.519. The summed E-state index contributed by atoms with van der Waals surface area (Å²) < 4.78 is 6.40. The zero-order valence-electron chi connectivity index (χ0n) is 15.9. The lowest BCUT2D eigenvalue weighted by Crippen LogP contribution is -2.46. The number of fused-ring (bicyclic) bond motifs is 1. The van der Waals surface area contributed by atoms with Gasteiger partial charge in [0.05, 0.1) is 4.92 Å². The number of carbonyl (C=O) groups is 1. The maximum absolute atomic E-state index is 12.6. The highest BCUT2D eigenvalue weighted by atomic mass is 16.6. The monoisotopic (exact) mass is 409 g/mol. The van der Waals surface area contributed by atoms with Crippen molar-refractivity contribution in [3.63, 3.8) is 0 Å². The lowest BCUT2D eigenvalue weighted by Gasteiger charge is -2.32. The van der Waals surface area contributed by atoms with Crippen LogP contribution in [0.2, 0.25) is 0 Å². The van der Waals surface area contributed by atoms with Crippen LogP contribution in [-0.4, -0.2) is 39.5 Å². The molecule has 0 spiro atoms. The Hall–Kier alpha value is -3.95. The lowest BCUT2D eigenvalue weighted by molar-refractivity contribution is -0.385. The fourth-order valence-corrected chi connectivity index (χ4v) is 3.48. The second-order valence-electron chi connectivity index (χ2n) is 6.88. The van der Waals surface area contributed by atoms with Gasteiger partial charge in [0.15, 0.2) is 0 Å². The molecule has 3 aromatic rings. The molecule has 3 heterocycles. The number of rotatable bonds is 4. The second-order valence-corrected chi connectivity index (χ2v) is 6.88. The predicted octanol–water partition coefficient (Wildman–Crippen LogP) is 2.36. The van der Waals surface area contributed by atoms with Crippen molar-refractivity contribution in [1.82, 2.24) is 14.7 Å². The van der Waals surface area contributed by atoms with Crippen molar-refractivity contribution >= 4 is 23.2 Å². The maximum atomic E-state index is 12.6. The highest BCUT2D eigenvalue weighted by Gasteiger charge is 2.30. The summed E-state index contributed by atoms with van der Waals surface area (Å²) in [5, 5.41) is 14.4. The van der Waals surface area contributed by atoms with Gasteiger partial charge < -0.3 is 15.0 Å². The molecule has 1 aliphatic heterocycles. The summed E-state index contributed by atoms with van der Waals surface area (Å²) in [6, 6.07) is 13.6. The fraction of sp³-hybridized carbons (Fsp3) is 0.250. The smallest absolute Gasteiger partial charge is 0.410 e. The first kappa shape index (κ1) is 19.4. The Kier molecular flexibility index (Phi) is 5.29. The number of ether oxygens (including phenoxy) is 1. The molecule has 0 radical (unpaired) electrons. The van der Waals surface area contributed by atoms with Gasteiger partial charge in [-0.15, -0.1) is 0 Å². The minimum atomic E-state index is -0.715. The normalized spacial score (nSPS) is 14.5. The van der Waals surface area contributed by atoms with Gasteiger partial charge in [0.1, 0.15) is 11.4 Å². The summed E-state index contributed by atoms with van der Waals surface area (Å²) in [4.78, 5) is 41.6. The molecule has 10 nitrogen and oxygen atoms in total. The molecule has 30 heavy (non-hydrogen) atoms. The van der Waals surface area contributed by atoms with Crippen LogP contribution in [0.3, 0.4) is 0 Å². The number of piperidine rings is 1. The minimum absolute atomic E-state index is 0.0570. The van der Waals surface area contributed by atoms with E-state index >= 15 is 0 Å². The molecular weight excluding hydrogens is 390 g/mol. The molecule has 2 aromatic heterocycles. The van der Waals surface area contributed by atoms with Crippen LogP contribution in [0, 0.1) is 10.1 Å². The number of nitrogens with zero attached hydrogens (tertiary/aromatic N) is 4. The number of nitro groups is 1. The molecule has 0 unspecified atom stereocenters. The largest absolute Gasteiger partial charge is 0.412 e. The van der Waals surface area contributed by atoms with Crippen molar-refractivity contribution in [3.05, 3.63) is 75.2 Å². The summed E-state index contributed by atoms with van der Waals surface area (Å²) in [6.45, 7) is 0.819. The van der Waals surface area contributed by atoms with E-state index in [1.165, 1.54) is 6.20 Å². The zero-order valence-corrected chi connectivity index (χ0v) is 15.9. The number of pyridine rings is 1. The molecule has 0 bridgehead atoms. The molecule has 10 heteroatoms. The van der Waals surface area contributed by atoms with Gasteiger partial charge in [-0.1, -0.05) is 24.3 Å². The fourth-order valence-electron chi connectivity index (χ4n) is 3.48. The summed E-state index contributed by atoms with van der Waals surface area (Å²) in [5.41, 5.74) is -0.921. The van der Waals surface area contributed by atoms with Crippen molar-refractivity contribution in [1.29, 1.82) is 0 Å². The van der Waals surface area contributed by atoms with E-state index in [1.54, 1.807) is 47.4 Å². The van der Waals surface area contributed by atoms with Crippen molar-refractivity contribution in [2.75, 3.05) is 18.0 Å². The van der Waals surface area contributed by atoms with Crippen LogP contribution >= 0.6 is 0 Å². The van der Waals surface area contributed by atoms with E-state index in [0.717, 1.165) is 4.40 Å². The van der Waals surface area contributed by atoms with Gasteiger partial charge in [-0.2, -0.15) is 0 Å². The zero-order chi connectivity index (χ0) is 21.1. The summed E-state index contributed by atoms with van der Waals surface area (Å²) in [5.74, 6) is 0.505. The number of nitrogens with one attached hydrogen (secondary N) is 1. The molecule has 1 amide bonds. The average Bonchev–Trinajstić information content (AvgIpc) is 2.74. The van der Waals surface area contributed by atoms with Crippen LogP contribution in [0.15, 0.2) is 59.5 Å². The van der Waals surface area contributed by atoms with Crippen LogP contribution in [0.4, 0.5) is 16.3 Å². The first-order chi connectivity index (χ1) is 14.5. The van der Waals surface area contributed by atoms with Gasteiger partial charge in [-0.3, -0.25) is 19.3 Å². The first-order valence-electron chi connectivity index (χ1n) is 9.47. The molecule has 1 saturated heterocycles. The Balaban J connectivity index is 1.47. The van der Waals surface area contributed by atoms with E-state index in [-0.39, 0.29) is 11.9 Å². The van der Waals surface area contributed by atoms with Gasteiger partial charge in [-0.25, -0.2) is 9.78 Å². The standard InChI is InChI=1S/C20H19N5O5/c26-19-17(25(28)29)18(22-16-8-4-5-11-24(16)19)23-12-9-14(10-13-23)21-20(27)30-15-6-2-1-3-7-15/h1-8,11,14H,9-10,12-13H2,(H,21,27). The molecule has 0 aliphatic carbocycles. The Morgan fingerprint density at radius 1 is 1.13 bits per heavy atom. The van der Waals surface area contributed by atoms with Crippen molar-refractivity contribution < 1.29 is 14.5 Å². The van der Waals surface area contributed by atoms with Crippen LogP contribution < -0.4 is 20.5 Å². The summed E-state index contributed by atoms with van der Waals surface area (Å²) in [7, 11) is 0. The molecule has 1 aromatic carbocycles. The van der Waals surface area contributed by atoms with Crippen LogP contribution in [0.1, 0.15) is 12.8 Å². The van der Waals surface area contributed by atoms with Crippen LogP contribution in [-0.2, 0) is 0 Å². The van der Waals surface area contributed by atoms with E-state index < -0.39 is 22.3 Å². The molecule has 1 aliphatic rings. The van der Waals surface area contributed by atoms with Gasteiger partial charge >= 0.3 is 17.3 Å². The van der Waals surface area contributed by atoms with Gasteiger partial charge in [0.2, 0.25) is 5.82 Å². The second kappa shape index (κ2) is 8.19. The third kappa shape index (κ3) is 3.93. The van der Waals surface area contributed by atoms with Crippen LogP contribution in [0.5, 0.6) is 5.75 Å². The van der Waals surface area contributed by atoms with Crippen LogP contribution in [0.25, 0.3) is 5.65 Å². The van der Waals surface area contributed by atoms with Gasteiger partial charge in [0, 0.05) is 25.3 Å². The average molecular weight is 409 g/mol. The summed E-state index contributed by atoms with van der Waals surface area (Å²) >= 11 is 0. The predicted molar refractivity (Wildman–Crippen MR) is 109 cm³/mol. The number of para-hydroxylation sites is 1. The highest BCUT2D eigenvalue weighted by molar-refractivity contribution is 5.70. The van der Waals surface area contributed by atoms with E-state index in [1.807, 2.05) is 6.07 Å². The first-order valence-corrected chi connectivity index (χ1v) is 9.47. The van der Waals surface area contributed by atoms with Gasteiger partial charge in [0.25, 0.3) is 0 Å². The third-order valence-corrected chi connectivity index (χ3v) is 4.94. The molecule has 0 saturated carbocycles. The summed E-state index contributed by atoms with van der Waals surface area (Å²) in [6.07, 6.45) is 1.98. The molecule has 0 atom stereocenters. The molecule has 1 N–H and O–H groups in total. The number of aromatic nitrogens is 2. The molecule has 4 rings (SSSR count). The Labute approximate surface area is 170 Å². The minimum Gasteiger partial charge on any atom is -0.410 e. The number of benzene rings is 1. The van der Waals surface area contributed by atoms with E-state index in [4.69, 9.17) is 4.74 Å². The number of carbonyl (C=O) groups excluding carboxylic acids is 1. The van der Waals surface area contributed by atoms with Crippen molar-refractivity contribution in [2.45, 2.75) is 18.9 Å². The SMILES string of the molecule is O=C(NC1CCN(c2nc3ccccn3c(=O)c2[N+](=O)[O-])CC1)Oc1ccccc1.